The summed E-state index contributed by atoms with van der Waals surface area (Å²) < 4.78 is 0. The van der Waals surface area contributed by atoms with Crippen LogP contribution in [0.1, 0.15) is 44.2 Å². The lowest BCUT2D eigenvalue weighted by atomic mass is 10.0. The normalized spacial score (nSPS) is 22.3. The predicted molar refractivity (Wildman–Crippen MR) is 73.0 cm³/mol. The van der Waals surface area contributed by atoms with Crippen molar-refractivity contribution >= 4 is 5.91 Å². The molecule has 2 rings (SSSR count). The summed E-state index contributed by atoms with van der Waals surface area (Å²) in [5.41, 5.74) is 7.00. The van der Waals surface area contributed by atoms with E-state index in [4.69, 9.17) is 5.73 Å². The highest BCUT2D eigenvalue weighted by atomic mass is 16.2. The van der Waals surface area contributed by atoms with E-state index in [0.717, 1.165) is 19.4 Å². The lowest BCUT2D eigenvalue weighted by Gasteiger charge is -2.31. The average molecular weight is 246 g/mol. The molecule has 98 valence electrons. The van der Waals surface area contributed by atoms with E-state index in [1.807, 2.05) is 23.1 Å². The summed E-state index contributed by atoms with van der Waals surface area (Å²) in [6.45, 7) is 2.61. The third-order valence-electron chi connectivity index (χ3n) is 3.61. The standard InChI is InChI=1S/C15H22N2O/c1-12(16)15(18)17-11-7-3-6-10-14(17)13-8-4-2-5-9-13/h2,4-5,8-9,12,14H,3,6-7,10-11,16H2,1H3/t12-,14?/m1/s1. The Kier molecular flexibility index (Phi) is 4.37. The second kappa shape index (κ2) is 6.01. The molecule has 1 aliphatic rings. The molecule has 1 saturated heterocycles. The molecular weight excluding hydrogens is 224 g/mol. The second-order valence-corrected chi connectivity index (χ2v) is 5.10. The van der Waals surface area contributed by atoms with Crippen LogP contribution in [-0.2, 0) is 4.79 Å². The molecular formula is C15H22N2O. The Balaban J connectivity index is 2.25. The van der Waals surface area contributed by atoms with Gasteiger partial charge in [0.15, 0.2) is 0 Å². The summed E-state index contributed by atoms with van der Waals surface area (Å²) in [6, 6.07) is 10.1. The van der Waals surface area contributed by atoms with Crippen molar-refractivity contribution in [1.82, 2.24) is 4.90 Å². The zero-order valence-corrected chi connectivity index (χ0v) is 11.0. The third kappa shape index (κ3) is 2.91. The first-order chi connectivity index (χ1) is 8.70. The van der Waals surface area contributed by atoms with Gasteiger partial charge in [-0.3, -0.25) is 4.79 Å². The van der Waals surface area contributed by atoms with Crippen LogP contribution in [0.15, 0.2) is 30.3 Å². The van der Waals surface area contributed by atoms with Crippen LogP contribution in [0, 0.1) is 0 Å². The van der Waals surface area contributed by atoms with E-state index >= 15 is 0 Å². The SMILES string of the molecule is C[C@@H](N)C(=O)N1CCCCCC1c1ccccc1. The summed E-state index contributed by atoms with van der Waals surface area (Å²) in [5, 5.41) is 0. The molecule has 2 N–H and O–H groups in total. The number of nitrogens with zero attached hydrogens (tertiary/aromatic N) is 1. The van der Waals surface area contributed by atoms with E-state index in [9.17, 15) is 4.79 Å². The Bertz CT molecular complexity index is 389. The molecule has 0 radical (unpaired) electrons. The molecule has 1 aromatic carbocycles. The number of carbonyl (C=O) groups is 1. The summed E-state index contributed by atoms with van der Waals surface area (Å²) in [4.78, 5) is 14.2. The van der Waals surface area contributed by atoms with Crippen molar-refractivity contribution in [1.29, 1.82) is 0 Å². The molecule has 1 unspecified atom stereocenters. The van der Waals surface area contributed by atoms with E-state index in [-0.39, 0.29) is 11.9 Å². The summed E-state index contributed by atoms with van der Waals surface area (Å²) in [7, 11) is 0. The number of hydrogen-bond donors (Lipinski definition) is 1. The van der Waals surface area contributed by atoms with E-state index in [1.54, 1.807) is 6.92 Å². The predicted octanol–water partition coefficient (Wildman–Crippen LogP) is 2.48. The van der Waals surface area contributed by atoms with Gasteiger partial charge in [-0.15, -0.1) is 0 Å². The molecule has 2 atom stereocenters. The zero-order chi connectivity index (χ0) is 13.0. The van der Waals surface area contributed by atoms with Crippen LogP contribution in [0.25, 0.3) is 0 Å². The van der Waals surface area contributed by atoms with Gasteiger partial charge in [0, 0.05) is 6.54 Å². The number of likely N-dealkylation sites (tertiary alicyclic amines) is 1. The fourth-order valence-corrected chi connectivity index (χ4v) is 2.66. The largest absolute Gasteiger partial charge is 0.334 e. The van der Waals surface area contributed by atoms with Crippen LogP contribution in [0.4, 0.5) is 0 Å². The molecule has 3 nitrogen and oxygen atoms in total. The van der Waals surface area contributed by atoms with Gasteiger partial charge in [0.05, 0.1) is 12.1 Å². The van der Waals surface area contributed by atoms with E-state index < -0.39 is 6.04 Å². The molecule has 0 saturated carbocycles. The summed E-state index contributed by atoms with van der Waals surface area (Å²) in [6.07, 6.45) is 4.51. The van der Waals surface area contributed by atoms with Crippen molar-refractivity contribution in [2.24, 2.45) is 5.73 Å². The van der Waals surface area contributed by atoms with Gasteiger partial charge in [0.25, 0.3) is 0 Å². The van der Waals surface area contributed by atoms with Crippen molar-refractivity contribution in [2.75, 3.05) is 6.54 Å². The highest BCUT2D eigenvalue weighted by Crippen LogP contribution is 2.30. The molecule has 1 heterocycles. The smallest absolute Gasteiger partial charge is 0.239 e. The van der Waals surface area contributed by atoms with Crippen LogP contribution in [-0.4, -0.2) is 23.4 Å². The summed E-state index contributed by atoms with van der Waals surface area (Å²) in [5.74, 6) is 0.0748. The highest BCUT2D eigenvalue weighted by molar-refractivity contribution is 5.81. The molecule has 0 spiro atoms. The molecule has 0 aromatic heterocycles. The molecule has 18 heavy (non-hydrogen) atoms. The maximum absolute atomic E-state index is 12.2. The lowest BCUT2D eigenvalue weighted by Crippen LogP contribution is -2.44. The monoisotopic (exact) mass is 246 g/mol. The maximum Gasteiger partial charge on any atom is 0.239 e. The van der Waals surface area contributed by atoms with Crippen LogP contribution in [0.3, 0.4) is 0 Å². The lowest BCUT2D eigenvalue weighted by molar-refractivity contribution is -0.134. The van der Waals surface area contributed by atoms with Gasteiger partial charge in [0.2, 0.25) is 5.91 Å². The molecule has 1 aliphatic heterocycles. The maximum atomic E-state index is 12.2. The van der Waals surface area contributed by atoms with Crippen LogP contribution < -0.4 is 5.73 Å². The molecule has 1 aromatic rings. The van der Waals surface area contributed by atoms with Crippen LogP contribution >= 0.6 is 0 Å². The Hall–Kier alpha value is -1.35. The van der Waals surface area contributed by atoms with Gasteiger partial charge in [-0.25, -0.2) is 0 Å². The fraction of sp³-hybridized carbons (Fsp3) is 0.533. The Morgan fingerprint density at radius 1 is 1.28 bits per heavy atom. The molecule has 0 bridgehead atoms. The second-order valence-electron chi connectivity index (χ2n) is 5.10. The number of carbonyl (C=O) groups excluding carboxylic acids is 1. The molecule has 1 amide bonds. The van der Waals surface area contributed by atoms with Crippen molar-refractivity contribution in [2.45, 2.75) is 44.7 Å². The van der Waals surface area contributed by atoms with Gasteiger partial charge in [-0.1, -0.05) is 43.2 Å². The van der Waals surface area contributed by atoms with Crippen molar-refractivity contribution in [3.8, 4) is 0 Å². The first kappa shape index (κ1) is 13.1. The average Bonchev–Trinajstić information content (AvgIpc) is 2.64. The topological polar surface area (TPSA) is 46.3 Å². The molecule has 1 fully saturated rings. The van der Waals surface area contributed by atoms with Gasteiger partial charge >= 0.3 is 0 Å². The zero-order valence-electron chi connectivity index (χ0n) is 11.0. The number of nitrogens with two attached hydrogens (primary N) is 1. The van der Waals surface area contributed by atoms with Crippen molar-refractivity contribution in [3.05, 3.63) is 35.9 Å². The highest BCUT2D eigenvalue weighted by Gasteiger charge is 2.27. The fourth-order valence-electron chi connectivity index (χ4n) is 2.66. The van der Waals surface area contributed by atoms with E-state index in [2.05, 4.69) is 12.1 Å². The minimum Gasteiger partial charge on any atom is -0.334 e. The Morgan fingerprint density at radius 2 is 2.00 bits per heavy atom. The summed E-state index contributed by atoms with van der Waals surface area (Å²) >= 11 is 0. The van der Waals surface area contributed by atoms with Gasteiger partial charge < -0.3 is 10.6 Å². The third-order valence-corrected chi connectivity index (χ3v) is 3.61. The first-order valence-electron chi connectivity index (χ1n) is 6.81. The van der Waals surface area contributed by atoms with Gasteiger partial charge in [-0.2, -0.15) is 0 Å². The van der Waals surface area contributed by atoms with E-state index in [1.165, 1.54) is 18.4 Å². The molecule has 0 aliphatic carbocycles. The Morgan fingerprint density at radius 3 is 2.67 bits per heavy atom. The van der Waals surface area contributed by atoms with Crippen molar-refractivity contribution < 1.29 is 4.79 Å². The Labute approximate surface area is 109 Å². The van der Waals surface area contributed by atoms with Crippen molar-refractivity contribution in [3.63, 3.8) is 0 Å². The van der Waals surface area contributed by atoms with Gasteiger partial charge in [-0.05, 0) is 25.3 Å². The minimum atomic E-state index is -0.408. The van der Waals surface area contributed by atoms with Crippen LogP contribution in [0.2, 0.25) is 0 Å². The number of hydrogen-bond acceptors (Lipinski definition) is 2. The quantitative estimate of drug-likeness (QED) is 0.871. The minimum absolute atomic E-state index is 0.0748. The van der Waals surface area contributed by atoms with Gasteiger partial charge in [0.1, 0.15) is 0 Å². The number of benzene rings is 1. The van der Waals surface area contributed by atoms with Crippen LogP contribution in [0.5, 0.6) is 0 Å². The van der Waals surface area contributed by atoms with E-state index in [0.29, 0.717) is 0 Å². The number of rotatable bonds is 2. The number of amides is 1. The molecule has 3 heteroatoms. The first-order valence-corrected chi connectivity index (χ1v) is 6.81.